The first-order valence-corrected chi connectivity index (χ1v) is 11.3. The fourth-order valence-corrected chi connectivity index (χ4v) is 4.50. The number of hydrogen-bond donors (Lipinski definition) is 1. The molecular formula is C24H23Cl2F3N2O3. The van der Waals surface area contributed by atoms with E-state index in [1.807, 2.05) is 0 Å². The van der Waals surface area contributed by atoms with Crippen molar-refractivity contribution in [3.63, 3.8) is 0 Å². The van der Waals surface area contributed by atoms with Gasteiger partial charge in [0.15, 0.2) is 0 Å². The number of nitroso groups, excluding NO2 is 1. The van der Waals surface area contributed by atoms with E-state index in [0.717, 1.165) is 29.3 Å². The summed E-state index contributed by atoms with van der Waals surface area (Å²) in [7, 11) is 1.53. The first-order chi connectivity index (χ1) is 16.0. The molecule has 0 aliphatic heterocycles. The first-order valence-electron chi connectivity index (χ1n) is 10.5. The van der Waals surface area contributed by atoms with E-state index in [0.29, 0.717) is 18.4 Å². The molecule has 34 heavy (non-hydrogen) atoms. The molecule has 1 aliphatic carbocycles. The van der Waals surface area contributed by atoms with Gasteiger partial charge in [0, 0.05) is 17.2 Å². The molecule has 0 radical (unpaired) electrons. The van der Waals surface area contributed by atoms with Crippen LogP contribution < -0.4 is 5.32 Å². The minimum atomic E-state index is -4.76. The Balaban J connectivity index is 1.89. The van der Waals surface area contributed by atoms with Crippen molar-refractivity contribution in [1.82, 2.24) is 5.32 Å². The maximum atomic E-state index is 13.8. The van der Waals surface area contributed by atoms with Crippen LogP contribution in [0, 0.1) is 4.91 Å². The van der Waals surface area contributed by atoms with Crippen LogP contribution >= 0.6 is 23.2 Å². The highest BCUT2D eigenvalue weighted by Crippen LogP contribution is 2.40. The van der Waals surface area contributed by atoms with Crippen LogP contribution in [0.15, 0.2) is 47.7 Å². The molecule has 2 aromatic carbocycles. The second kappa shape index (κ2) is 10.9. The maximum Gasteiger partial charge on any atom is 0.416 e. The summed E-state index contributed by atoms with van der Waals surface area (Å²) in [4.78, 5) is 23.8. The van der Waals surface area contributed by atoms with Crippen molar-refractivity contribution in [3.05, 3.63) is 79.7 Å². The number of benzene rings is 2. The highest BCUT2D eigenvalue weighted by Gasteiger charge is 2.36. The lowest BCUT2D eigenvalue weighted by Crippen LogP contribution is -2.29. The number of hydrogen-bond acceptors (Lipinski definition) is 4. The molecule has 3 unspecified atom stereocenters. The summed E-state index contributed by atoms with van der Waals surface area (Å²) in [6, 6.07) is 6.95. The number of carbonyl (C=O) groups excluding carboxylic acids is 1. The summed E-state index contributed by atoms with van der Waals surface area (Å²) in [6.45, 7) is 1.79. The lowest BCUT2D eigenvalue weighted by molar-refractivity contribution is -0.124. The van der Waals surface area contributed by atoms with Crippen LogP contribution in [0.4, 0.5) is 13.2 Å². The number of nitrogens with one attached hydrogen (secondary N) is 1. The van der Waals surface area contributed by atoms with Gasteiger partial charge in [-0.3, -0.25) is 4.79 Å². The predicted molar refractivity (Wildman–Crippen MR) is 126 cm³/mol. The number of methoxy groups -OCH3 is 1. The molecule has 0 aromatic heterocycles. The lowest BCUT2D eigenvalue weighted by atomic mass is 9.96. The van der Waals surface area contributed by atoms with E-state index in [4.69, 9.17) is 27.9 Å². The quantitative estimate of drug-likeness (QED) is 0.386. The van der Waals surface area contributed by atoms with Crippen LogP contribution in [-0.2, 0) is 16.0 Å². The topological polar surface area (TPSA) is 67.8 Å². The van der Waals surface area contributed by atoms with Crippen molar-refractivity contribution < 1.29 is 22.7 Å². The average molecular weight is 515 g/mol. The number of ether oxygens (including phenoxy) is 1. The van der Waals surface area contributed by atoms with E-state index in [1.165, 1.54) is 13.2 Å². The van der Waals surface area contributed by atoms with Crippen LogP contribution in [0.25, 0.3) is 5.57 Å². The standard InChI is InChI=1S/C24H23Cl2F3N2O3/c1-13(34-2)7-23(32)30-21-6-4-14-8-15(3-5-19(14)21)22(31-33)12-20(24(27,28)29)16-9-17(25)11-18(26)10-16/h3,5,8-13,21-22H,4,6-7H2,1-2H3,(H,30,32). The summed E-state index contributed by atoms with van der Waals surface area (Å²) in [5.74, 6) is -0.151. The average Bonchev–Trinajstić information content (AvgIpc) is 3.14. The molecule has 0 saturated carbocycles. The molecule has 10 heteroatoms. The molecular weight excluding hydrogens is 492 g/mol. The van der Waals surface area contributed by atoms with Gasteiger partial charge in [-0.05, 0) is 66.3 Å². The predicted octanol–water partition coefficient (Wildman–Crippen LogP) is 6.98. The van der Waals surface area contributed by atoms with Gasteiger partial charge in [-0.25, -0.2) is 0 Å². The first kappa shape index (κ1) is 26.2. The number of nitrogens with zero attached hydrogens (tertiary/aromatic N) is 1. The normalized spacial score (nSPS) is 17.7. The molecule has 0 spiro atoms. The Kier molecular flexibility index (Phi) is 8.38. The monoisotopic (exact) mass is 514 g/mol. The fourth-order valence-electron chi connectivity index (χ4n) is 3.98. The van der Waals surface area contributed by atoms with Gasteiger partial charge in [0.2, 0.25) is 5.91 Å². The molecule has 182 valence electrons. The molecule has 0 fully saturated rings. The van der Waals surface area contributed by atoms with E-state index < -0.39 is 17.8 Å². The Hall–Kier alpha value is -2.42. The molecule has 5 nitrogen and oxygen atoms in total. The zero-order valence-corrected chi connectivity index (χ0v) is 20.0. The molecule has 0 heterocycles. The summed E-state index contributed by atoms with van der Waals surface area (Å²) in [5, 5.41) is 5.98. The second-order valence-corrected chi connectivity index (χ2v) is 9.03. The number of allylic oxidation sites excluding steroid dienone is 1. The van der Waals surface area contributed by atoms with E-state index in [-0.39, 0.29) is 40.1 Å². The van der Waals surface area contributed by atoms with Gasteiger partial charge < -0.3 is 10.1 Å². The van der Waals surface area contributed by atoms with E-state index in [9.17, 15) is 22.9 Å². The SMILES string of the molecule is COC(C)CC(=O)NC1CCc2cc(C(C=C(c3cc(Cl)cc(Cl)c3)C(F)(F)F)N=O)ccc21. The second-order valence-electron chi connectivity index (χ2n) is 8.15. The maximum absolute atomic E-state index is 13.8. The van der Waals surface area contributed by atoms with Gasteiger partial charge in [-0.15, -0.1) is 4.91 Å². The highest BCUT2D eigenvalue weighted by atomic mass is 35.5. The third-order valence-electron chi connectivity index (χ3n) is 5.71. The van der Waals surface area contributed by atoms with Crippen LogP contribution in [-0.4, -0.2) is 25.3 Å². The summed E-state index contributed by atoms with van der Waals surface area (Å²) >= 11 is 11.8. The number of rotatable bonds is 8. The Morgan fingerprint density at radius 2 is 1.91 bits per heavy atom. The van der Waals surface area contributed by atoms with E-state index in [1.54, 1.807) is 25.1 Å². The number of fused-ring (bicyclic) bond motifs is 1. The molecule has 0 saturated heterocycles. The van der Waals surface area contributed by atoms with Crippen LogP contribution in [0.2, 0.25) is 10.0 Å². The zero-order chi connectivity index (χ0) is 25.0. The number of amides is 1. The van der Waals surface area contributed by atoms with Gasteiger partial charge in [0.1, 0.15) is 6.04 Å². The third-order valence-corrected chi connectivity index (χ3v) is 6.15. The molecule has 1 N–H and O–H groups in total. The number of carbonyl (C=O) groups is 1. The fraction of sp³-hybridized carbons (Fsp3) is 0.375. The lowest BCUT2D eigenvalue weighted by Gasteiger charge is -2.17. The van der Waals surface area contributed by atoms with Crippen molar-refractivity contribution >= 4 is 34.7 Å². The van der Waals surface area contributed by atoms with Gasteiger partial charge >= 0.3 is 6.18 Å². The van der Waals surface area contributed by atoms with Crippen molar-refractivity contribution in [3.8, 4) is 0 Å². The molecule has 2 aromatic rings. The van der Waals surface area contributed by atoms with Crippen molar-refractivity contribution in [1.29, 1.82) is 0 Å². The van der Waals surface area contributed by atoms with E-state index in [2.05, 4.69) is 10.5 Å². The van der Waals surface area contributed by atoms with Crippen molar-refractivity contribution in [2.75, 3.05) is 7.11 Å². The smallest absolute Gasteiger partial charge is 0.381 e. The summed E-state index contributed by atoms with van der Waals surface area (Å²) < 4.78 is 46.6. The van der Waals surface area contributed by atoms with Crippen LogP contribution in [0.3, 0.4) is 0 Å². The molecule has 1 amide bonds. The van der Waals surface area contributed by atoms with Crippen LogP contribution in [0.5, 0.6) is 0 Å². The van der Waals surface area contributed by atoms with Crippen molar-refractivity contribution in [2.45, 2.75) is 50.6 Å². The minimum Gasteiger partial charge on any atom is -0.381 e. The number of aryl methyl sites for hydroxylation is 1. The highest BCUT2D eigenvalue weighted by molar-refractivity contribution is 6.34. The summed E-state index contributed by atoms with van der Waals surface area (Å²) in [6.07, 6.45) is -2.73. The summed E-state index contributed by atoms with van der Waals surface area (Å²) in [5.41, 5.74) is 0.730. The Bertz CT molecular complexity index is 1090. The van der Waals surface area contributed by atoms with Gasteiger partial charge in [0.25, 0.3) is 0 Å². The van der Waals surface area contributed by atoms with Crippen LogP contribution in [0.1, 0.15) is 54.1 Å². The number of alkyl halides is 3. The molecule has 3 atom stereocenters. The molecule has 1 aliphatic rings. The molecule has 0 bridgehead atoms. The molecule has 3 rings (SSSR count). The largest absolute Gasteiger partial charge is 0.416 e. The van der Waals surface area contributed by atoms with Gasteiger partial charge in [0.05, 0.1) is 24.1 Å². The van der Waals surface area contributed by atoms with Gasteiger partial charge in [-0.1, -0.05) is 46.6 Å². The Labute approximate surface area is 205 Å². The Morgan fingerprint density at radius 3 is 2.50 bits per heavy atom. The Morgan fingerprint density at radius 1 is 1.24 bits per heavy atom. The number of halogens is 5. The minimum absolute atomic E-state index is 0.0405. The van der Waals surface area contributed by atoms with E-state index >= 15 is 0 Å². The third kappa shape index (κ3) is 6.37. The van der Waals surface area contributed by atoms with Crippen molar-refractivity contribution in [2.24, 2.45) is 5.18 Å². The zero-order valence-electron chi connectivity index (χ0n) is 18.5. The van der Waals surface area contributed by atoms with Gasteiger partial charge in [-0.2, -0.15) is 13.2 Å².